The smallest absolute Gasteiger partial charge is 0.361 e. The fraction of sp³-hybridized carbons (Fsp3) is 0.347. The predicted molar refractivity (Wildman–Crippen MR) is 440 cm³/mol. The Bertz CT molecular complexity index is 4640. The van der Waals surface area contributed by atoms with Gasteiger partial charge in [0.25, 0.3) is 0 Å². The second-order valence-corrected chi connectivity index (χ2v) is 34.9. The first-order chi connectivity index (χ1) is 55.6. The van der Waals surface area contributed by atoms with Gasteiger partial charge in [-0.25, -0.2) is 0 Å². The van der Waals surface area contributed by atoms with Crippen molar-refractivity contribution in [3.05, 3.63) is 280 Å². The second kappa shape index (κ2) is 36.0. The van der Waals surface area contributed by atoms with Crippen LogP contribution in [-0.2, 0) is 91.5 Å². The Hall–Kier alpha value is -9.66. The molecule has 12 rings (SSSR count). The van der Waals surface area contributed by atoms with Gasteiger partial charge >= 0.3 is 69.8 Å². The second-order valence-electron chi connectivity index (χ2n) is 34.9. The van der Waals surface area contributed by atoms with Crippen molar-refractivity contribution in [3.63, 3.8) is 0 Å². The normalized spacial score (nSPS) is 16.1. The van der Waals surface area contributed by atoms with Gasteiger partial charge in [0, 0.05) is 53.3 Å². The molecule has 2 fully saturated rings. The molecule has 124 heavy (non-hydrogen) atoms. The van der Waals surface area contributed by atoms with Crippen LogP contribution in [0, 0.1) is 18.8 Å². The zero-order valence-corrected chi connectivity index (χ0v) is 72.3. The van der Waals surface area contributed by atoms with Crippen molar-refractivity contribution < 1.29 is 126 Å². The Kier molecular flexibility index (Phi) is 29.4. The third-order valence-corrected chi connectivity index (χ3v) is 22.2. The Morgan fingerprint density at radius 3 is 0.500 bits per heavy atom. The Balaban J connectivity index is 0.000000267. The minimum atomic E-state index is -6.13. The van der Waals surface area contributed by atoms with Crippen LogP contribution in [0.4, 0.5) is 117 Å². The molecule has 4 atom stereocenters. The van der Waals surface area contributed by atoms with Crippen LogP contribution in [0.15, 0.2) is 206 Å². The first-order valence-corrected chi connectivity index (χ1v) is 38.6. The summed E-state index contributed by atoms with van der Waals surface area (Å²) in [5.41, 5.74) is -10.8. The van der Waals surface area contributed by atoms with Gasteiger partial charge in [-0.3, -0.25) is 0 Å². The van der Waals surface area contributed by atoms with Gasteiger partial charge in [0.05, 0.1) is 62.0 Å². The van der Waals surface area contributed by atoms with E-state index < -0.39 is 195 Å². The van der Waals surface area contributed by atoms with Gasteiger partial charge in [-0.1, -0.05) is 265 Å². The molecule has 10 aromatic carbocycles. The van der Waals surface area contributed by atoms with E-state index in [4.69, 9.17) is 5.26 Å². The average Bonchev–Trinajstić information content (AvgIpc) is 1.21. The molecule has 0 spiro atoms. The number of para-hydroxylation sites is 2. The standard InChI is InChI=1S/C32H12BF24.2C30H37N.C2H3N.CH3.Pd/c34-25(35,36)13-1-14(26(37,38)39)6-21(5-13)33(22-7-15(27(40,41)42)2-16(8-22)28(43,44)45,23-9-17(29(46,47)48)3-18(10-23)30(49,50)51)24-11-19(31(52,53)54)4-20(12-24)32(55,56)57;2*1-20-21(2)31(20)28-26(22-12-16-24(17-13-22)29(3,4)5)10-9-11-27(28)23-14-18-25(19-15-23)30(6,7)8;1-2-3;;/h1-12H;2*9-21H,1-8H3;1H3;1H3;/q-1;;;;-1;+2. The summed E-state index contributed by atoms with van der Waals surface area (Å²) in [5.74, 6) is 0. The molecule has 2 aliphatic rings. The number of nitriles is 1. The van der Waals surface area contributed by atoms with Gasteiger partial charge in [0.1, 0.15) is 6.15 Å². The van der Waals surface area contributed by atoms with Crippen LogP contribution in [0.25, 0.3) is 44.5 Å². The van der Waals surface area contributed by atoms with Crippen LogP contribution >= 0.6 is 0 Å². The van der Waals surface area contributed by atoms with Gasteiger partial charge in [-0.15, -0.1) is 0 Å². The number of halogens is 24. The predicted octanol–water partition coefficient (Wildman–Crippen LogP) is 28.6. The van der Waals surface area contributed by atoms with Crippen LogP contribution in [-0.4, -0.2) is 30.3 Å². The van der Waals surface area contributed by atoms with Crippen molar-refractivity contribution in [2.75, 3.05) is 9.80 Å². The number of alkyl halides is 24. The Labute approximate surface area is 720 Å². The zero-order valence-electron chi connectivity index (χ0n) is 70.7. The first-order valence-electron chi connectivity index (χ1n) is 38.6. The monoisotopic (exact) mass is 1850 g/mol. The van der Waals surface area contributed by atoms with Crippen LogP contribution in [0.5, 0.6) is 0 Å². The summed E-state index contributed by atoms with van der Waals surface area (Å²) in [6, 6.07) is 45.5. The molecule has 0 aromatic heterocycles. The van der Waals surface area contributed by atoms with E-state index in [0.717, 1.165) is 0 Å². The maximum Gasteiger partial charge on any atom is 2.00 e. The fourth-order valence-corrected chi connectivity index (χ4v) is 15.1. The molecule has 3 nitrogen and oxygen atoms in total. The maximum atomic E-state index is 14.2. The Morgan fingerprint density at radius 2 is 0.387 bits per heavy atom. The summed E-state index contributed by atoms with van der Waals surface area (Å²) >= 11 is 0. The number of rotatable bonds is 10. The van der Waals surface area contributed by atoms with Crippen LogP contribution in [0.2, 0.25) is 0 Å². The molecule has 0 saturated carbocycles. The molecule has 0 bridgehead atoms. The van der Waals surface area contributed by atoms with E-state index in [-0.39, 0.29) is 49.5 Å². The van der Waals surface area contributed by atoms with Crippen molar-refractivity contribution >= 4 is 39.4 Å². The average molecular weight is 1850 g/mol. The van der Waals surface area contributed by atoms with Crippen molar-refractivity contribution in [1.82, 2.24) is 0 Å². The summed E-state index contributed by atoms with van der Waals surface area (Å²) < 4.78 is 341. The number of nitrogens with zero attached hydrogens (tertiary/aromatic N) is 3. The minimum absolute atomic E-state index is 0. The van der Waals surface area contributed by atoms with Crippen molar-refractivity contribution in [1.29, 1.82) is 5.26 Å². The van der Waals surface area contributed by atoms with Gasteiger partial charge in [-0.2, -0.15) is 132 Å². The molecule has 0 aliphatic carbocycles. The third-order valence-electron chi connectivity index (χ3n) is 22.2. The molecule has 2 heterocycles. The molecule has 10 aromatic rings. The number of hydrogen-bond acceptors (Lipinski definition) is 3. The molecular weight excluding hydrogens is 1760 g/mol. The molecule has 2 saturated heterocycles. The van der Waals surface area contributed by atoms with Gasteiger partial charge < -0.3 is 17.2 Å². The number of hydrogen-bond donors (Lipinski definition) is 0. The molecule has 0 N–H and O–H groups in total. The van der Waals surface area contributed by atoms with Gasteiger partial charge in [0.15, 0.2) is 0 Å². The molecule has 29 heteroatoms. The molecule has 2 aliphatic heterocycles. The molecule has 0 amide bonds. The number of benzene rings is 10. The largest absolute Gasteiger partial charge is 2.00 e. The zero-order chi connectivity index (χ0) is 91.7. The summed E-state index contributed by atoms with van der Waals surface area (Å²) in [6.07, 6.45) is -54.8. The molecule has 4 unspecified atom stereocenters. The fourth-order valence-electron chi connectivity index (χ4n) is 15.1. The minimum Gasteiger partial charge on any atom is -0.361 e. The third kappa shape index (κ3) is 22.9. The summed E-state index contributed by atoms with van der Waals surface area (Å²) in [7, 11) is 0. The first kappa shape index (κ1) is 101. The van der Waals surface area contributed by atoms with E-state index in [9.17, 15) is 105 Å². The van der Waals surface area contributed by atoms with Crippen LogP contribution in [0.1, 0.15) is 184 Å². The van der Waals surface area contributed by atoms with E-state index in [1.165, 1.54) is 85.1 Å². The van der Waals surface area contributed by atoms with Crippen molar-refractivity contribution in [2.24, 2.45) is 0 Å². The van der Waals surface area contributed by atoms with E-state index >= 15 is 0 Å². The van der Waals surface area contributed by atoms with Crippen LogP contribution < -0.4 is 31.7 Å². The van der Waals surface area contributed by atoms with Gasteiger partial charge in [0.2, 0.25) is 0 Å². The summed E-state index contributed by atoms with van der Waals surface area (Å²) in [4.78, 5) is 5.14. The molecule has 0 radical (unpaired) electrons. The molecule has 668 valence electrons. The topological polar surface area (TPSA) is 29.8 Å². The van der Waals surface area contributed by atoms with E-state index in [1.54, 1.807) is 6.07 Å². The van der Waals surface area contributed by atoms with E-state index in [2.05, 4.69) is 254 Å². The summed E-state index contributed by atoms with van der Waals surface area (Å²) in [6.45, 7) is 38.0. The van der Waals surface area contributed by atoms with Crippen molar-refractivity contribution in [2.45, 2.75) is 213 Å². The van der Waals surface area contributed by atoms with E-state index in [1.807, 2.05) is 0 Å². The maximum absolute atomic E-state index is 14.2. The SMILES string of the molecule is CC#N.CC1C(C)N1c1c(-c2ccc(C(C)(C)C)cc2)cccc1-c1ccc(C(C)(C)C)cc1.CC1C(C)N1c1c(-c2ccc(C(C)(C)C)cc2)cccc1-c1ccc(C(C)(C)C)cc1.FC(F)(F)c1cc([B-](c2cc(C(F)(F)F)cc(C(F)(F)F)c2)(c2cc(C(F)(F)F)cc(C(F)(F)F)c2)c2cc(C(F)(F)F)cc(C(F)(F)F)c2)cc(C(F)(F)F)c1.[CH3-].[Pd+2]. The summed E-state index contributed by atoms with van der Waals surface area (Å²) in [5, 5.41) is 7.32. The molecular formula is C95H92BF24N3Pd. The van der Waals surface area contributed by atoms with Crippen LogP contribution in [0.3, 0.4) is 0 Å². The quantitative estimate of drug-likeness (QED) is 0.0592. The Morgan fingerprint density at radius 1 is 0.250 bits per heavy atom. The number of anilines is 2. The van der Waals surface area contributed by atoms with Gasteiger partial charge in [-0.05, 0) is 118 Å². The van der Waals surface area contributed by atoms with E-state index in [0.29, 0.717) is 24.2 Å². The van der Waals surface area contributed by atoms with Crippen molar-refractivity contribution in [3.8, 4) is 50.6 Å².